The number of carboxylic acids is 1. The van der Waals surface area contributed by atoms with E-state index in [1.54, 1.807) is 26.1 Å². The zero-order valence-electron chi connectivity index (χ0n) is 8.78. The second-order valence-electron chi connectivity index (χ2n) is 3.63. The summed E-state index contributed by atoms with van der Waals surface area (Å²) in [6.07, 6.45) is 0. The van der Waals surface area contributed by atoms with Gasteiger partial charge in [0.25, 0.3) is 0 Å². The monoisotopic (exact) mass is 239 g/mol. The van der Waals surface area contributed by atoms with Gasteiger partial charge in [-0.3, -0.25) is 0 Å². The number of carboxylic acid groups (broad SMARTS) is 1. The van der Waals surface area contributed by atoms with Crippen LogP contribution in [0.3, 0.4) is 0 Å². The van der Waals surface area contributed by atoms with E-state index >= 15 is 0 Å². The quantitative estimate of drug-likeness (QED) is 0.804. The molecule has 2 rings (SSSR count). The second kappa shape index (κ2) is 3.42. The lowest BCUT2D eigenvalue weighted by Gasteiger charge is -2.00. The normalized spacial score (nSPS) is 10.9. The Morgan fingerprint density at radius 3 is 2.62 bits per heavy atom. The van der Waals surface area contributed by atoms with Crippen LogP contribution in [0.2, 0.25) is 5.02 Å². The molecule has 0 bridgehead atoms. The van der Waals surface area contributed by atoms with E-state index in [0.29, 0.717) is 16.5 Å². The molecule has 0 aliphatic carbocycles. The summed E-state index contributed by atoms with van der Waals surface area (Å²) in [7, 11) is 1.64. The Balaban J connectivity index is 3.00. The molecular weight excluding hydrogens is 230 g/mol. The molecule has 0 atom stereocenters. The van der Waals surface area contributed by atoms with Crippen LogP contribution in [-0.2, 0) is 7.05 Å². The first-order valence-electron chi connectivity index (χ1n) is 4.65. The van der Waals surface area contributed by atoms with Crippen LogP contribution in [-0.4, -0.2) is 20.7 Å². The van der Waals surface area contributed by atoms with Gasteiger partial charge in [0.05, 0.1) is 10.5 Å². The third-order valence-corrected chi connectivity index (χ3v) is 3.04. The third-order valence-electron chi connectivity index (χ3n) is 2.74. The standard InChI is InChI=1S/C11H10ClNO3/c1-5-8-7(4-3-6(12)10(8)14)13(2)9(5)11(15)16/h3-4,14H,1-2H3,(H,15,16). The molecule has 5 heteroatoms. The van der Waals surface area contributed by atoms with Crippen molar-refractivity contribution in [1.29, 1.82) is 0 Å². The first-order chi connectivity index (χ1) is 7.45. The summed E-state index contributed by atoms with van der Waals surface area (Å²) in [6.45, 7) is 1.65. The highest BCUT2D eigenvalue weighted by Gasteiger charge is 2.20. The van der Waals surface area contributed by atoms with Gasteiger partial charge in [0.1, 0.15) is 11.4 Å². The maximum Gasteiger partial charge on any atom is 0.352 e. The molecule has 0 aliphatic rings. The van der Waals surface area contributed by atoms with E-state index in [-0.39, 0.29) is 16.5 Å². The third kappa shape index (κ3) is 1.27. The van der Waals surface area contributed by atoms with Crippen LogP contribution in [0.25, 0.3) is 10.9 Å². The van der Waals surface area contributed by atoms with Gasteiger partial charge in [0, 0.05) is 12.4 Å². The number of hydrogen-bond acceptors (Lipinski definition) is 2. The molecular formula is C11H10ClNO3. The van der Waals surface area contributed by atoms with E-state index in [1.807, 2.05) is 0 Å². The summed E-state index contributed by atoms with van der Waals surface area (Å²) in [5, 5.41) is 19.6. The van der Waals surface area contributed by atoms with Gasteiger partial charge < -0.3 is 14.8 Å². The van der Waals surface area contributed by atoms with Gasteiger partial charge >= 0.3 is 5.97 Å². The number of benzene rings is 1. The van der Waals surface area contributed by atoms with Crippen LogP contribution >= 0.6 is 11.6 Å². The molecule has 0 saturated carbocycles. The molecule has 4 nitrogen and oxygen atoms in total. The van der Waals surface area contributed by atoms with Gasteiger partial charge in [0.2, 0.25) is 0 Å². The number of aryl methyl sites for hydroxylation is 2. The summed E-state index contributed by atoms with van der Waals surface area (Å²) in [5.74, 6) is -1.09. The maximum atomic E-state index is 11.1. The Kier molecular flexibility index (Phi) is 2.31. The minimum absolute atomic E-state index is 0.0697. The molecule has 0 fully saturated rings. The average Bonchev–Trinajstić information content (AvgIpc) is 2.45. The number of hydrogen-bond donors (Lipinski definition) is 2. The van der Waals surface area contributed by atoms with E-state index in [9.17, 15) is 9.90 Å². The Morgan fingerprint density at radius 2 is 2.06 bits per heavy atom. The summed E-state index contributed by atoms with van der Waals surface area (Å²) in [5.41, 5.74) is 1.33. The Labute approximate surface area is 96.7 Å². The van der Waals surface area contributed by atoms with Crippen LogP contribution in [0, 0.1) is 6.92 Å². The number of rotatable bonds is 1. The van der Waals surface area contributed by atoms with Crippen LogP contribution in [0.5, 0.6) is 5.75 Å². The van der Waals surface area contributed by atoms with Crippen molar-refractivity contribution >= 4 is 28.5 Å². The fraction of sp³-hybridized carbons (Fsp3) is 0.182. The number of aromatic carboxylic acids is 1. The van der Waals surface area contributed by atoms with Gasteiger partial charge in [-0.1, -0.05) is 11.6 Å². The molecule has 0 unspecified atom stereocenters. The zero-order valence-corrected chi connectivity index (χ0v) is 9.54. The first kappa shape index (κ1) is 10.8. The maximum absolute atomic E-state index is 11.1. The lowest BCUT2D eigenvalue weighted by atomic mass is 10.1. The number of fused-ring (bicyclic) bond motifs is 1. The predicted molar refractivity (Wildman–Crippen MR) is 61.3 cm³/mol. The van der Waals surface area contributed by atoms with E-state index in [1.165, 1.54) is 4.57 Å². The smallest absolute Gasteiger partial charge is 0.352 e. The first-order valence-corrected chi connectivity index (χ1v) is 5.02. The van der Waals surface area contributed by atoms with Crippen LogP contribution in [0.15, 0.2) is 12.1 Å². The molecule has 0 radical (unpaired) electrons. The van der Waals surface area contributed by atoms with Crippen molar-refractivity contribution in [3.63, 3.8) is 0 Å². The molecule has 0 aliphatic heterocycles. The molecule has 1 heterocycles. The molecule has 1 aromatic heterocycles. The summed E-state index contributed by atoms with van der Waals surface area (Å²) in [6, 6.07) is 3.24. The summed E-state index contributed by atoms with van der Waals surface area (Å²) < 4.78 is 1.53. The van der Waals surface area contributed by atoms with Crippen LogP contribution in [0.4, 0.5) is 0 Å². The van der Waals surface area contributed by atoms with Gasteiger partial charge in [-0.15, -0.1) is 0 Å². The Hall–Kier alpha value is -1.68. The second-order valence-corrected chi connectivity index (χ2v) is 4.04. The molecule has 2 aromatic rings. The molecule has 16 heavy (non-hydrogen) atoms. The number of phenols is 1. The highest BCUT2D eigenvalue weighted by atomic mass is 35.5. The summed E-state index contributed by atoms with van der Waals surface area (Å²) >= 11 is 5.79. The number of halogens is 1. The molecule has 84 valence electrons. The Bertz CT molecular complexity index is 601. The topological polar surface area (TPSA) is 62.5 Å². The van der Waals surface area contributed by atoms with Crippen molar-refractivity contribution in [2.75, 3.05) is 0 Å². The van der Waals surface area contributed by atoms with Gasteiger partial charge in [0.15, 0.2) is 0 Å². The van der Waals surface area contributed by atoms with E-state index in [4.69, 9.17) is 16.7 Å². The van der Waals surface area contributed by atoms with E-state index < -0.39 is 5.97 Å². The van der Waals surface area contributed by atoms with Gasteiger partial charge in [-0.25, -0.2) is 4.79 Å². The van der Waals surface area contributed by atoms with Gasteiger partial charge in [-0.05, 0) is 24.6 Å². The fourth-order valence-electron chi connectivity index (χ4n) is 2.00. The minimum Gasteiger partial charge on any atom is -0.506 e. The molecule has 0 saturated heterocycles. The SMILES string of the molecule is Cc1c(C(=O)O)n(C)c2ccc(Cl)c(O)c12. The molecule has 0 spiro atoms. The number of carbonyl (C=O) groups is 1. The molecule has 2 N–H and O–H groups in total. The van der Waals surface area contributed by atoms with Crippen molar-refractivity contribution in [3.8, 4) is 5.75 Å². The number of nitrogens with zero attached hydrogens (tertiary/aromatic N) is 1. The molecule has 0 amide bonds. The minimum atomic E-state index is -1.02. The lowest BCUT2D eigenvalue weighted by Crippen LogP contribution is -2.05. The highest BCUT2D eigenvalue weighted by molar-refractivity contribution is 6.33. The van der Waals surface area contributed by atoms with Crippen molar-refractivity contribution < 1.29 is 15.0 Å². The van der Waals surface area contributed by atoms with E-state index in [2.05, 4.69) is 0 Å². The van der Waals surface area contributed by atoms with Crippen LogP contribution < -0.4 is 0 Å². The number of aromatic nitrogens is 1. The van der Waals surface area contributed by atoms with Gasteiger partial charge in [-0.2, -0.15) is 0 Å². The zero-order chi connectivity index (χ0) is 12.0. The number of phenolic OH excluding ortho intramolecular Hbond substituents is 1. The highest BCUT2D eigenvalue weighted by Crippen LogP contribution is 2.36. The Morgan fingerprint density at radius 1 is 1.44 bits per heavy atom. The van der Waals surface area contributed by atoms with E-state index in [0.717, 1.165) is 0 Å². The fourth-order valence-corrected chi connectivity index (χ4v) is 2.16. The van der Waals surface area contributed by atoms with Crippen molar-refractivity contribution in [2.45, 2.75) is 6.92 Å². The largest absolute Gasteiger partial charge is 0.506 e. The van der Waals surface area contributed by atoms with Crippen LogP contribution in [0.1, 0.15) is 16.1 Å². The molecule has 1 aromatic carbocycles. The predicted octanol–water partition coefficient (Wildman–Crippen LogP) is 2.54. The average molecular weight is 240 g/mol. The van der Waals surface area contributed by atoms with Crippen molar-refractivity contribution in [2.24, 2.45) is 7.05 Å². The number of aromatic hydroxyl groups is 1. The summed E-state index contributed by atoms with van der Waals surface area (Å²) in [4.78, 5) is 11.1. The lowest BCUT2D eigenvalue weighted by molar-refractivity contribution is 0.0686. The van der Waals surface area contributed by atoms with Crippen molar-refractivity contribution in [1.82, 2.24) is 4.57 Å². The van der Waals surface area contributed by atoms with Crippen molar-refractivity contribution in [3.05, 3.63) is 28.4 Å².